The first-order valence-electron chi connectivity index (χ1n) is 9.67. The van der Waals surface area contributed by atoms with Gasteiger partial charge in [0.25, 0.3) is 0 Å². The molecule has 0 bridgehead atoms. The van der Waals surface area contributed by atoms with Crippen LogP contribution in [0.4, 0.5) is 4.39 Å². The Kier molecular flexibility index (Phi) is 4.21. The number of fused-ring (bicyclic) bond motifs is 1. The summed E-state index contributed by atoms with van der Waals surface area (Å²) >= 11 is 0. The second kappa shape index (κ2) is 6.88. The lowest BCUT2D eigenvalue weighted by atomic mass is 9.89. The van der Waals surface area contributed by atoms with E-state index in [0.717, 1.165) is 48.3 Å². The lowest BCUT2D eigenvalue weighted by Gasteiger charge is -2.29. The predicted molar refractivity (Wildman–Crippen MR) is 111 cm³/mol. The van der Waals surface area contributed by atoms with Crippen molar-refractivity contribution < 1.29 is 4.39 Å². The monoisotopic (exact) mass is 371 g/mol. The average Bonchev–Trinajstić information content (AvgIpc) is 3.31. The van der Waals surface area contributed by atoms with Crippen LogP contribution in [-0.4, -0.2) is 34.0 Å². The summed E-state index contributed by atoms with van der Waals surface area (Å²) in [5.74, 6) is -0.225. The van der Waals surface area contributed by atoms with Gasteiger partial charge in [-0.05, 0) is 65.9 Å². The standard InChI is InChI=1S/C24H22FN3/c1-16-12-21-13-19(8-11-28(21)15-16)22-14-27-24(18-2-4-20(25)5-3-18)23(22)17-6-9-26-10-7-17/h2-10,14,21,27H,1,11-13,15H2/t21-/m1/s1. The normalized spacial score (nSPS) is 19.5. The third kappa shape index (κ3) is 3.00. The third-order valence-electron chi connectivity index (χ3n) is 5.82. The van der Waals surface area contributed by atoms with Crippen molar-refractivity contribution in [1.29, 1.82) is 0 Å². The molecule has 28 heavy (non-hydrogen) atoms. The van der Waals surface area contributed by atoms with E-state index in [-0.39, 0.29) is 5.82 Å². The topological polar surface area (TPSA) is 31.9 Å². The lowest BCUT2D eigenvalue weighted by molar-refractivity contribution is 0.277. The van der Waals surface area contributed by atoms with Crippen LogP contribution in [-0.2, 0) is 0 Å². The van der Waals surface area contributed by atoms with Gasteiger partial charge in [-0.1, -0.05) is 18.2 Å². The van der Waals surface area contributed by atoms with E-state index in [9.17, 15) is 4.39 Å². The molecule has 4 heterocycles. The Balaban J connectivity index is 1.61. The zero-order valence-electron chi connectivity index (χ0n) is 15.7. The molecule has 0 unspecified atom stereocenters. The Labute approximate surface area is 164 Å². The van der Waals surface area contributed by atoms with E-state index in [4.69, 9.17) is 0 Å². The van der Waals surface area contributed by atoms with E-state index in [2.05, 4.69) is 33.7 Å². The van der Waals surface area contributed by atoms with Gasteiger partial charge in [0.2, 0.25) is 0 Å². The van der Waals surface area contributed by atoms with Crippen molar-refractivity contribution in [2.75, 3.05) is 13.1 Å². The summed E-state index contributed by atoms with van der Waals surface area (Å²) in [6, 6.07) is 11.3. The fourth-order valence-corrected chi connectivity index (χ4v) is 4.48. The molecule has 5 rings (SSSR count). The molecule has 3 aromatic rings. The van der Waals surface area contributed by atoms with Gasteiger partial charge in [-0.25, -0.2) is 4.39 Å². The SMILES string of the molecule is C=C1C[C@@H]2CC(c3c[nH]c(-c4ccc(F)cc4)c3-c3ccncc3)=CCN2C1. The number of H-pyrrole nitrogens is 1. The highest BCUT2D eigenvalue weighted by atomic mass is 19.1. The molecule has 1 aromatic carbocycles. The van der Waals surface area contributed by atoms with Gasteiger partial charge in [-0.2, -0.15) is 0 Å². The number of rotatable bonds is 3. The fraction of sp³-hybridized carbons (Fsp3) is 0.208. The van der Waals surface area contributed by atoms with Crippen molar-refractivity contribution in [2.45, 2.75) is 18.9 Å². The van der Waals surface area contributed by atoms with Gasteiger partial charge in [-0.15, -0.1) is 0 Å². The Hall–Kier alpha value is -2.98. The molecule has 1 fully saturated rings. The zero-order chi connectivity index (χ0) is 19.1. The first-order valence-corrected chi connectivity index (χ1v) is 9.67. The maximum Gasteiger partial charge on any atom is 0.123 e. The summed E-state index contributed by atoms with van der Waals surface area (Å²) in [6.07, 6.45) is 10.2. The van der Waals surface area contributed by atoms with Crippen LogP contribution in [0.1, 0.15) is 18.4 Å². The molecular formula is C24H22FN3. The molecule has 0 spiro atoms. The van der Waals surface area contributed by atoms with Crippen molar-refractivity contribution in [3.05, 3.63) is 84.6 Å². The number of nitrogens with one attached hydrogen (secondary N) is 1. The predicted octanol–water partition coefficient (Wildman–Crippen LogP) is 5.30. The minimum Gasteiger partial charge on any atom is -0.360 e. The highest BCUT2D eigenvalue weighted by Gasteiger charge is 2.31. The molecule has 2 aliphatic rings. The molecule has 0 radical (unpaired) electrons. The van der Waals surface area contributed by atoms with Gasteiger partial charge in [0.05, 0.1) is 5.69 Å². The fourth-order valence-electron chi connectivity index (χ4n) is 4.48. The number of benzene rings is 1. The van der Waals surface area contributed by atoms with Gasteiger partial charge in [0.15, 0.2) is 0 Å². The van der Waals surface area contributed by atoms with Crippen molar-refractivity contribution >= 4 is 5.57 Å². The number of nitrogens with zero attached hydrogens (tertiary/aromatic N) is 2. The summed E-state index contributed by atoms with van der Waals surface area (Å²) in [6.45, 7) is 6.16. The summed E-state index contributed by atoms with van der Waals surface area (Å²) < 4.78 is 13.4. The van der Waals surface area contributed by atoms with E-state index in [0.29, 0.717) is 6.04 Å². The maximum absolute atomic E-state index is 13.4. The van der Waals surface area contributed by atoms with E-state index < -0.39 is 0 Å². The highest BCUT2D eigenvalue weighted by molar-refractivity contribution is 5.91. The smallest absolute Gasteiger partial charge is 0.123 e. The van der Waals surface area contributed by atoms with Crippen LogP contribution < -0.4 is 0 Å². The second-order valence-corrected chi connectivity index (χ2v) is 7.67. The van der Waals surface area contributed by atoms with Crippen LogP contribution in [0.15, 0.2) is 73.2 Å². The first kappa shape index (κ1) is 17.1. The van der Waals surface area contributed by atoms with Crippen molar-refractivity contribution in [3.8, 4) is 22.4 Å². The van der Waals surface area contributed by atoms with E-state index in [1.807, 2.05) is 36.7 Å². The Morgan fingerprint density at radius 2 is 1.82 bits per heavy atom. The molecule has 2 aliphatic heterocycles. The van der Waals surface area contributed by atoms with Crippen LogP contribution in [0.5, 0.6) is 0 Å². The van der Waals surface area contributed by atoms with Crippen molar-refractivity contribution in [3.63, 3.8) is 0 Å². The van der Waals surface area contributed by atoms with Gasteiger partial charge >= 0.3 is 0 Å². The molecule has 2 aromatic heterocycles. The third-order valence-corrected chi connectivity index (χ3v) is 5.82. The number of hydrogen-bond acceptors (Lipinski definition) is 2. The first-order chi connectivity index (χ1) is 13.7. The molecule has 140 valence electrons. The number of aromatic amines is 1. The number of halogens is 1. The zero-order valence-corrected chi connectivity index (χ0v) is 15.7. The van der Waals surface area contributed by atoms with E-state index in [1.54, 1.807) is 0 Å². The van der Waals surface area contributed by atoms with Gasteiger partial charge in [0, 0.05) is 48.8 Å². The molecule has 1 saturated heterocycles. The second-order valence-electron chi connectivity index (χ2n) is 7.67. The molecule has 4 heteroatoms. The Morgan fingerprint density at radius 1 is 1.04 bits per heavy atom. The van der Waals surface area contributed by atoms with E-state index in [1.165, 1.54) is 28.8 Å². The van der Waals surface area contributed by atoms with Crippen LogP contribution in [0.2, 0.25) is 0 Å². The molecular weight excluding hydrogens is 349 g/mol. The molecule has 0 amide bonds. The molecule has 0 aliphatic carbocycles. The quantitative estimate of drug-likeness (QED) is 0.634. The Morgan fingerprint density at radius 3 is 2.61 bits per heavy atom. The van der Waals surface area contributed by atoms with Crippen LogP contribution in [0.25, 0.3) is 28.0 Å². The van der Waals surface area contributed by atoms with Crippen molar-refractivity contribution in [2.24, 2.45) is 0 Å². The summed E-state index contributed by atoms with van der Waals surface area (Å²) in [4.78, 5) is 10.1. The molecule has 0 saturated carbocycles. The average molecular weight is 371 g/mol. The highest BCUT2D eigenvalue weighted by Crippen LogP contribution is 2.41. The minimum atomic E-state index is -0.225. The molecule has 3 nitrogen and oxygen atoms in total. The minimum absolute atomic E-state index is 0.225. The van der Waals surface area contributed by atoms with Crippen LogP contribution in [0.3, 0.4) is 0 Å². The van der Waals surface area contributed by atoms with Gasteiger partial charge in [0.1, 0.15) is 5.82 Å². The Bertz CT molecular complexity index is 1050. The summed E-state index contributed by atoms with van der Waals surface area (Å²) in [5, 5.41) is 0. The van der Waals surface area contributed by atoms with Gasteiger partial charge in [-0.3, -0.25) is 9.88 Å². The summed E-state index contributed by atoms with van der Waals surface area (Å²) in [7, 11) is 0. The molecule has 1 atom stereocenters. The van der Waals surface area contributed by atoms with Gasteiger partial charge < -0.3 is 4.98 Å². The van der Waals surface area contributed by atoms with Crippen LogP contribution in [0, 0.1) is 5.82 Å². The lowest BCUT2D eigenvalue weighted by Crippen LogP contribution is -2.32. The van der Waals surface area contributed by atoms with Crippen LogP contribution >= 0.6 is 0 Å². The number of hydrogen-bond donors (Lipinski definition) is 1. The number of pyridine rings is 1. The number of aromatic nitrogens is 2. The van der Waals surface area contributed by atoms with Crippen molar-refractivity contribution in [1.82, 2.24) is 14.9 Å². The maximum atomic E-state index is 13.4. The molecule has 1 N–H and O–H groups in total. The summed E-state index contributed by atoms with van der Waals surface area (Å²) in [5.41, 5.74) is 8.19. The van der Waals surface area contributed by atoms with E-state index >= 15 is 0 Å². The largest absolute Gasteiger partial charge is 0.360 e.